The van der Waals surface area contributed by atoms with Crippen LogP contribution in [-0.2, 0) is 6.54 Å². The van der Waals surface area contributed by atoms with E-state index in [4.69, 9.17) is 5.73 Å². The summed E-state index contributed by atoms with van der Waals surface area (Å²) in [5, 5.41) is 0. The Morgan fingerprint density at radius 3 is 2.81 bits per heavy atom. The lowest BCUT2D eigenvalue weighted by Crippen LogP contribution is -2.02. The molecule has 0 unspecified atom stereocenters. The second-order valence-corrected chi connectivity index (χ2v) is 4.81. The molecule has 6 heteroatoms. The maximum atomic E-state index is 14.1. The number of nitrogen functional groups attached to an aromatic ring is 1. The van der Waals surface area contributed by atoms with E-state index in [-0.39, 0.29) is 11.3 Å². The van der Waals surface area contributed by atoms with E-state index in [1.165, 1.54) is 6.07 Å². The van der Waals surface area contributed by atoms with Crippen LogP contribution in [0.2, 0.25) is 0 Å². The van der Waals surface area contributed by atoms with Gasteiger partial charge in [0, 0.05) is 18.8 Å². The maximum Gasteiger partial charge on any atom is 0.149 e. The molecule has 3 aromatic rings. The van der Waals surface area contributed by atoms with Gasteiger partial charge in [-0.2, -0.15) is 0 Å². The summed E-state index contributed by atoms with van der Waals surface area (Å²) in [4.78, 5) is 8.44. The molecule has 21 heavy (non-hydrogen) atoms. The van der Waals surface area contributed by atoms with Gasteiger partial charge >= 0.3 is 0 Å². The fourth-order valence-electron chi connectivity index (χ4n) is 2.37. The predicted octanol–water partition coefficient (Wildman–Crippen LogP) is 3.37. The molecular weight excluding hydrogens is 274 g/mol. The third kappa shape index (κ3) is 2.22. The number of halogens is 2. The van der Waals surface area contributed by atoms with Crippen molar-refractivity contribution < 1.29 is 8.78 Å². The van der Waals surface area contributed by atoms with Crippen LogP contribution in [0, 0.1) is 11.6 Å². The molecule has 0 aliphatic rings. The number of pyridine rings is 1. The summed E-state index contributed by atoms with van der Waals surface area (Å²) >= 11 is 0. The van der Waals surface area contributed by atoms with Gasteiger partial charge in [-0.3, -0.25) is 4.98 Å². The molecule has 2 N–H and O–H groups in total. The van der Waals surface area contributed by atoms with Crippen molar-refractivity contribution in [2.24, 2.45) is 0 Å². The zero-order chi connectivity index (χ0) is 15.0. The first-order valence-electron chi connectivity index (χ1n) is 6.67. The molecule has 108 valence electrons. The molecule has 2 aromatic heterocycles. The van der Waals surface area contributed by atoms with Gasteiger partial charge in [-0.25, -0.2) is 13.8 Å². The van der Waals surface area contributed by atoms with E-state index in [1.54, 1.807) is 12.4 Å². The monoisotopic (exact) mass is 288 g/mol. The lowest BCUT2D eigenvalue weighted by molar-refractivity contribution is 0.586. The first kappa shape index (κ1) is 13.5. The first-order chi connectivity index (χ1) is 10.1. The van der Waals surface area contributed by atoms with E-state index in [9.17, 15) is 8.78 Å². The summed E-state index contributed by atoms with van der Waals surface area (Å²) in [5.41, 5.74) is 7.18. The van der Waals surface area contributed by atoms with Gasteiger partial charge in [0.15, 0.2) is 0 Å². The molecule has 1 aromatic carbocycles. The average molecular weight is 288 g/mol. The van der Waals surface area contributed by atoms with Gasteiger partial charge in [-0.15, -0.1) is 0 Å². The summed E-state index contributed by atoms with van der Waals surface area (Å²) in [6, 6.07) is 3.90. The molecule has 4 nitrogen and oxygen atoms in total. The van der Waals surface area contributed by atoms with Crippen molar-refractivity contribution in [3.63, 3.8) is 0 Å². The molecule has 0 spiro atoms. The second kappa shape index (κ2) is 5.12. The highest BCUT2D eigenvalue weighted by atomic mass is 19.1. The lowest BCUT2D eigenvalue weighted by Gasteiger charge is -2.09. The van der Waals surface area contributed by atoms with Crippen LogP contribution < -0.4 is 5.73 Å². The third-order valence-electron chi connectivity index (χ3n) is 3.33. The second-order valence-electron chi connectivity index (χ2n) is 4.81. The Bertz CT molecular complexity index is 811. The number of anilines is 1. The molecule has 2 heterocycles. The molecule has 0 radical (unpaired) electrons. The van der Waals surface area contributed by atoms with Crippen LogP contribution in [0.3, 0.4) is 0 Å². The number of nitrogens with two attached hydrogens (primary N) is 1. The van der Waals surface area contributed by atoms with Crippen LogP contribution in [-0.4, -0.2) is 14.5 Å². The Balaban J connectivity index is 2.29. The minimum Gasteiger partial charge on any atom is -0.396 e. The van der Waals surface area contributed by atoms with Gasteiger partial charge in [0.2, 0.25) is 0 Å². The summed E-state index contributed by atoms with van der Waals surface area (Å²) < 4.78 is 29.3. The molecule has 0 aliphatic heterocycles. The van der Waals surface area contributed by atoms with Crippen LogP contribution in [0.15, 0.2) is 30.6 Å². The first-order valence-corrected chi connectivity index (χ1v) is 6.67. The smallest absolute Gasteiger partial charge is 0.149 e. The summed E-state index contributed by atoms with van der Waals surface area (Å²) in [6.45, 7) is 2.69. The van der Waals surface area contributed by atoms with E-state index in [0.717, 1.165) is 18.0 Å². The van der Waals surface area contributed by atoms with Crippen molar-refractivity contribution in [3.05, 3.63) is 42.2 Å². The van der Waals surface area contributed by atoms with Crippen molar-refractivity contribution in [1.82, 2.24) is 14.5 Å². The van der Waals surface area contributed by atoms with E-state index in [1.807, 2.05) is 17.6 Å². The number of nitrogens with zero attached hydrogens (tertiary/aromatic N) is 3. The van der Waals surface area contributed by atoms with Crippen molar-refractivity contribution in [1.29, 1.82) is 0 Å². The summed E-state index contributed by atoms with van der Waals surface area (Å²) in [5.74, 6) is -1.01. The molecule has 0 amide bonds. The number of benzene rings is 1. The minimum absolute atomic E-state index is 0.0976. The van der Waals surface area contributed by atoms with E-state index >= 15 is 0 Å². The summed E-state index contributed by atoms with van der Waals surface area (Å²) in [6.07, 6.45) is 4.14. The molecule has 0 atom stereocenters. The Morgan fingerprint density at radius 1 is 1.24 bits per heavy atom. The largest absolute Gasteiger partial charge is 0.396 e. The molecule has 0 aliphatic carbocycles. The van der Waals surface area contributed by atoms with Crippen LogP contribution in [0.4, 0.5) is 14.5 Å². The van der Waals surface area contributed by atoms with E-state index in [0.29, 0.717) is 17.9 Å². The zero-order valence-corrected chi connectivity index (χ0v) is 11.5. The average Bonchev–Trinajstić information content (AvgIpc) is 2.82. The highest BCUT2D eigenvalue weighted by Crippen LogP contribution is 2.29. The van der Waals surface area contributed by atoms with Crippen LogP contribution in [0.1, 0.15) is 13.3 Å². The quantitative estimate of drug-likeness (QED) is 0.752. The molecular formula is C15H14F2N4. The highest BCUT2D eigenvalue weighted by Gasteiger charge is 2.17. The van der Waals surface area contributed by atoms with Gasteiger partial charge in [0.1, 0.15) is 23.0 Å². The fraction of sp³-hybridized carbons (Fsp3) is 0.200. The number of rotatable bonds is 3. The Hall–Kier alpha value is -2.50. The normalized spacial score (nSPS) is 11.2. The van der Waals surface area contributed by atoms with Gasteiger partial charge < -0.3 is 10.3 Å². The van der Waals surface area contributed by atoms with Crippen molar-refractivity contribution in [3.8, 4) is 11.4 Å². The molecule has 0 saturated heterocycles. The Labute approximate surface area is 120 Å². The number of hydrogen-bond acceptors (Lipinski definition) is 3. The lowest BCUT2D eigenvalue weighted by atomic mass is 10.1. The number of hydrogen-bond donors (Lipinski definition) is 1. The molecule has 3 rings (SSSR count). The fourth-order valence-corrected chi connectivity index (χ4v) is 2.37. The number of aryl methyl sites for hydroxylation is 1. The predicted molar refractivity (Wildman–Crippen MR) is 77.6 cm³/mol. The topological polar surface area (TPSA) is 56.7 Å². The number of fused-ring (bicyclic) bond motifs is 1. The van der Waals surface area contributed by atoms with Gasteiger partial charge in [0.05, 0.1) is 23.0 Å². The third-order valence-corrected chi connectivity index (χ3v) is 3.33. The van der Waals surface area contributed by atoms with E-state index < -0.39 is 11.6 Å². The highest BCUT2D eigenvalue weighted by molar-refractivity contribution is 5.80. The van der Waals surface area contributed by atoms with Crippen molar-refractivity contribution >= 4 is 16.7 Å². The van der Waals surface area contributed by atoms with Gasteiger partial charge in [-0.1, -0.05) is 6.92 Å². The number of imidazole rings is 1. The number of aromatic nitrogens is 3. The molecule has 0 bridgehead atoms. The Kier molecular flexibility index (Phi) is 3.29. The van der Waals surface area contributed by atoms with Crippen LogP contribution in [0.5, 0.6) is 0 Å². The maximum absolute atomic E-state index is 14.1. The standard InChI is InChI=1S/C15H14F2N4/c1-2-5-21-14-3-4-19-8-13(14)20-15(21)9-6-12(18)11(17)7-10(9)16/h3-4,6-8H,2,5,18H2,1H3. The van der Waals surface area contributed by atoms with Gasteiger partial charge in [0.25, 0.3) is 0 Å². The molecule has 0 fully saturated rings. The van der Waals surface area contributed by atoms with Gasteiger partial charge in [-0.05, 0) is 18.6 Å². The molecule has 0 saturated carbocycles. The SMILES string of the molecule is CCCn1c(-c2cc(N)c(F)cc2F)nc2cnccc21. The minimum atomic E-state index is -0.768. The Morgan fingerprint density at radius 2 is 2.05 bits per heavy atom. The van der Waals surface area contributed by atoms with E-state index in [2.05, 4.69) is 9.97 Å². The van der Waals surface area contributed by atoms with Crippen molar-refractivity contribution in [2.45, 2.75) is 19.9 Å². The zero-order valence-electron chi connectivity index (χ0n) is 11.5. The van der Waals surface area contributed by atoms with Crippen LogP contribution >= 0.6 is 0 Å². The summed E-state index contributed by atoms with van der Waals surface area (Å²) in [7, 11) is 0. The van der Waals surface area contributed by atoms with Crippen molar-refractivity contribution in [2.75, 3.05) is 5.73 Å². The van der Waals surface area contributed by atoms with Crippen LogP contribution in [0.25, 0.3) is 22.4 Å².